The standard InChI is InChI=1S/C14H18ClN/c1-4-6-13-11(5-2)12-8-7-10(15)9-14(12)16(13)3/h7-9H,4-6H2,1-3H3. The summed E-state index contributed by atoms with van der Waals surface area (Å²) in [5.41, 5.74) is 4.20. The molecule has 2 heteroatoms. The van der Waals surface area contributed by atoms with Crippen LogP contribution in [0.1, 0.15) is 31.5 Å². The van der Waals surface area contributed by atoms with Crippen molar-refractivity contribution in [2.24, 2.45) is 7.05 Å². The maximum atomic E-state index is 6.06. The third-order valence-corrected chi connectivity index (χ3v) is 3.47. The van der Waals surface area contributed by atoms with Gasteiger partial charge >= 0.3 is 0 Å². The lowest BCUT2D eigenvalue weighted by molar-refractivity contribution is 0.790. The highest BCUT2D eigenvalue weighted by molar-refractivity contribution is 6.31. The van der Waals surface area contributed by atoms with Crippen LogP contribution >= 0.6 is 11.6 Å². The Labute approximate surface area is 102 Å². The quantitative estimate of drug-likeness (QED) is 0.746. The van der Waals surface area contributed by atoms with Crippen LogP contribution in [0.5, 0.6) is 0 Å². The molecule has 0 aliphatic carbocycles. The second-order valence-corrected chi connectivity index (χ2v) is 4.69. The lowest BCUT2D eigenvalue weighted by Gasteiger charge is -2.04. The smallest absolute Gasteiger partial charge is 0.0497 e. The molecule has 86 valence electrons. The predicted octanol–water partition coefficient (Wildman–Crippen LogP) is 4.35. The maximum absolute atomic E-state index is 6.06. The minimum Gasteiger partial charge on any atom is -0.347 e. The summed E-state index contributed by atoms with van der Waals surface area (Å²) < 4.78 is 2.30. The van der Waals surface area contributed by atoms with Crippen LogP contribution in [0.15, 0.2) is 18.2 Å². The molecule has 0 radical (unpaired) electrons. The molecule has 1 heterocycles. The lowest BCUT2D eigenvalue weighted by Crippen LogP contribution is -1.98. The average molecular weight is 236 g/mol. The highest BCUT2D eigenvalue weighted by Gasteiger charge is 2.12. The summed E-state index contributed by atoms with van der Waals surface area (Å²) in [7, 11) is 2.14. The summed E-state index contributed by atoms with van der Waals surface area (Å²) in [6, 6.07) is 6.20. The van der Waals surface area contributed by atoms with Crippen molar-refractivity contribution < 1.29 is 0 Å². The number of hydrogen-bond acceptors (Lipinski definition) is 0. The van der Waals surface area contributed by atoms with Crippen LogP contribution in [-0.4, -0.2) is 4.57 Å². The van der Waals surface area contributed by atoms with Gasteiger partial charge < -0.3 is 4.57 Å². The van der Waals surface area contributed by atoms with Gasteiger partial charge in [0.2, 0.25) is 0 Å². The van der Waals surface area contributed by atoms with Crippen molar-refractivity contribution in [2.75, 3.05) is 0 Å². The number of aromatic nitrogens is 1. The Kier molecular flexibility index (Phi) is 3.25. The van der Waals surface area contributed by atoms with E-state index >= 15 is 0 Å². The van der Waals surface area contributed by atoms with E-state index in [4.69, 9.17) is 11.6 Å². The lowest BCUT2D eigenvalue weighted by atomic mass is 10.1. The normalized spacial score (nSPS) is 11.2. The summed E-state index contributed by atoms with van der Waals surface area (Å²) in [5.74, 6) is 0. The van der Waals surface area contributed by atoms with Gasteiger partial charge in [-0.15, -0.1) is 0 Å². The van der Waals surface area contributed by atoms with Crippen molar-refractivity contribution in [3.8, 4) is 0 Å². The molecule has 0 saturated carbocycles. The van der Waals surface area contributed by atoms with Gasteiger partial charge in [0.05, 0.1) is 0 Å². The zero-order valence-corrected chi connectivity index (χ0v) is 10.9. The monoisotopic (exact) mass is 235 g/mol. The summed E-state index contributed by atoms with van der Waals surface area (Å²) in [4.78, 5) is 0. The summed E-state index contributed by atoms with van der Waals surface area (Å²) in [6.45, 7) is 4.45. The SMILES string of the molecule is CCCc1c(CC)c2ccc(Cl)cc2n1C. The van der Waals surface area contributed by atoms with Crippen LogP contribution in [0.2, 0.25) is 5.02 Å². The first-order valence-corrected chi connectivity index (χ1v) is 6.32. The molecule has 0 fully saturated rings. The van der Waals surface area contributed by atoms with Crippen molar-refractivity contribution >= 4 is 22.5 Å². The molecule has 2 aromatic rings. The van der Waals surface area contributed by atoms with Crippen LogP contribution in [0.4, 0.5) is 0 Å². The molecule has 0 amide bonds. The Morgan fingerprint density at radius 1 is 1.25 bits per heavy atom. The summed E-state index contributed by atoms with van der Waals surface area (Å²) in [6.07, 6.45) is 3.42. The van der Waals surface area contributed by atoms with E-state index in [1.165, 1.54) is 28.6 Å². The Hall–Kier alpha value is -0.950. The molecular formula is C14H18ClN. The van der Waals surface area contributed by atoms with Gasteiger partial charge in [0.25, 0.3) is 0 Å². The zero-order chi connectivity index (χ0) is 11.7. The third kappa shape index (κ3) is 1.73. The van der Waals surface area contributed by atoms with Gasteiger partial charge in [-0.05, 0) is 30.5 Å². The molecule has 0 aliphatic heterocycles. The molecular weight excluding hydrogens is 218 g/mol. The van der Waals surface area contributed by atoms with E-state index in [1.807, 2.05) is 6.07 Å². The third-order valence-electron chi connectivity index (χ3n) is 3.24. The molecule has 1 nitrogen and oxygen atoms in total. The first-order valence-electron chi connectivity index (χ1n) is 5.94. The molecule has 0 unspecified atom stereocenters. The minimum atomic E-state index is 0.818. The van der Waals surface area contributed by atoms with Gasteiger partial charge in [0.15, 0.2) is 0 Å². The topological polar surface area (TPSA) is 4.93 Å². The van der Waals surface area contributed by atoms with E-state index in [9.17, 15) is 0 Å². The fraction of sp³-hybridized carbons (Fsp3) is 0.429. The number of nitrogens with zero attached hydrogens (tertiary/aromatic N) is 1. The van der Waals surface area contributed by atoms with Crippen molar-refractivity contribution in [2.45, 2.75) is 33.1 Å². The molecule has 16 heavy (non-hydrogen) atoms. The van der Waals surface area contributed by atoms with Gasteiger partial charge in [0, 0.05) is 28.7 Å². The molecule has 0 N–H and O–H groups in total. The number of halogens is 1. The first-order chi connectivity index (χ1) is 7.69. The van der Waals surface area contributed by atoms with E-state index in [0.29, 0.717) is 0 Å². The van der Waals surface area contributed by atoms with Crippen LogP contribution in [0, 0.1) is 0 Å². The summed E-state index contributed by atoms with van der Waals surface area (Å²) in [5, 5.41) is 2.18. The van der Waals surface area contributed by atoms with Crippen molar-refractivity contribution in [3.63, 3.8) is 0 Å². The van der Waals surface area contributed by atoms with Gasteiger partial charge in [-0.2, -0.15) is 0 Å². The maximum Gasteiger partial charge on any atom is 0.0497 e. The molecule has 0 spiro atoms. The second-order valence-electron chi connectivity index (χ2n) is 4.25. The van der Waals surface area contributed by atoms with Crippen molar-refractivity contribution in [3.05, 3.63) is 34.5 Å². The molecule has 2 rings (SSSR count). The fourth-order valence-electron chi connectivity index (χ4n) is 2.49. The van der Waals surface area contributed by atoms with E-state index < -0.39 is 0 Å². The highest BCUT2D eigenvalue weighted by Crippen LogP contribution is 2.28. The Morgan fingerprint density at radius 3 is 2.62 bits per heavy atom. The Bertz CT molecular complexity index is 511. The zero-order valence-electron chi connectivity index (χ0n) is 10.2. The predicted molar refractivity (Wildman–Crippen MR) is 71.3 cm³/mol. The number of benzene rings is 1. The Balaban J connectivity index is 2.74. The molecule has 1 aromatic heterocycles. The van der Waals surface area contributed by atoms with Crippen LogP contribution in [-0.2, 0) is 19.9 Å². The van der Waals surface area contributed by atoms with E-state index in [1.54, 1.807) is 0 Å². The minimum absolute atomic E-state index is 0.818. The highest BCUT2D eigenvalue weighted by atomic mass is 35.5. The summed E-state index contributed by atoms with van der Waals surface area (Å²) >= 11 is 6.06. The average Bonchev–Trinajstić information content (AvgIpc) is 2.53. The van der Waals surface area contributed by atoms with Gasteiger partial charge in [-0.1, -0.05) is 37.9 Å². The number of fused-ring (bicyclic) bond motifs is 1. The second kappa shape index (κ2) is 4.50. The number of aryl methyl sites for hydroxylation is 2. The van der Waals surface area contributed by atoms with Crippen LogP contribution < -0.4 is 0 Å². The molecule has 0 aliphatic rings. The fourth-order valence-corrected chi connectivity index (χ4v) is 2.66. The van der Waals surface area contributed by atoms with Crippen LogP contribution in [0.3, 0.4) is 0 Å². The molecule has 0 atom stereocenters. The van der Waals surface area contributed by atoms with Crippen LogP contribution in [0.25, 0.3) is 10.9 Å². The van der Waals surface area contributed by atoms with Crippen molar-refractivity contribution in [1.29, 1.82) is 0 Å². The van der Waals surface area contributed by atoms with E-state index in [0.717, 1.165) is 17.9 Å². The van der Waals surface area contributed by atoms with Gasteiger partial charge in [-0.25, -0.2) is 0 Å². The largest absolute Gasteiger partial charge is 0.347 e. The molecule has 0 saturated heterocycles. The van der Waals surface area contributed by atoms with Crippen molar-refractivity contribution in [1.82, 2.24) is 4.57 Å². The van der Waals surface area contributed by atoms with Gasteiger partial charge in [0.1, 0.15) is 0 Å². The number of hydrogen-bond donors (Lipinski definition) is 0. The molecule has 1 aromatic carbocycles. The first kappa shape index (κ1) is 11.5. The Morgan fingerprint density at radius 2 is 2.00 bits per heavy atom. The van der Waals surface area contributed by atoms with E-state index in [2.05, 4.69) is 37.6 Å². The number of rotatable bonds is 3. The van der Waals surface area contributed by atoms with E-state index in [-0.39, 0.29) is 0 Å². The van der Waals surface area contributed by atoms with Gasteiger partial charge in [-0.3, -0.25) is 0 Å². The molecule has 0 bridgehead atoms.